The molecule has 0 aromatic heterocycles. The Kier molecular flexibility index (Phi) is 5.57. The Morgan fingerprint density at radius 2 is 1.68 bits per heavy atom. The van der Waals surface area contributed by atoms with Crippen LogP contribution in [0.3, 0.4) is 0 Å². The molecule has 0 atom stereocenters. The lowest BCUT2D eigenvalue weighted by Gasteiger charge is -2.12. The number of ether oxygens (including phenoxy) is 1. The summed E-state index contributed by atoms with van der Waals surface area (Å²) in [7, 11) is 1.60. The van der Waals surface area contributed by atoms with Crippen LogP contribution in [0.5, 0.6) is 5.75 Å². The molecule has 0 aliphatic heterocycles. The van der Waals surface area contributed by atoms with E-state index >= 15 is 0 Å². The van der Waals surface area contributed by atoms with Gasteiger partial charge in [-0.25, -0.2) is 0 Å². The van der Waals surface area contributed by atoms with Crippen molar-refractivity contribution in [2.45, 2.75) is 0 Å². The van der Waals surface area contributed by atoms with Gasteiger partial charge in [-0.05, 0) is 60.7 Å². The molecule has 0 unspecified atom stereocenters. The molecule has 0 radical (unpaired) electrons. The Morgan fingerprint density at radius 1 is 1.05 bits per heavy atom. The van der Waals surface area contributed by atoms with Crippen LogP contribution in [-0.4, -0.2) is 18.1 Å². The van der Waals surface area contributed by atoms with Crippen LogP contribution < -0.4 is 20.9 Å². The lowest BCUT2D eigenvalue weighted by molar-refractivity contribution is 0.0944. The van der Waals surface area contributed by atoms with Crippen molar-refractivity contribution >= 4 is 40.5 Å². The maximum absolute atomic E-state index is 11.9. The van der Waals surface area contributed by atoms with Gasteiger partial charge in [0.15, 0.2) is 5.11 Å². The van der Waals surface area contributed by atoms with E-state index in [0.717, 1.165) is 11.4 Å². The molecule has 0 bridgehead atoms. The first-order chi connectivity index (χ1) is 10.6. The van der Waals surface area contributed by atoms with Crippen molar-refractivity contribution in [3.63, 3.8) is 0 Å². The van der Waals surface area contributed by atoms with E-state index in [1.165, 1.54) is 0 Å². The van der Waals surface area contributed by atoms with Crippen molar-refractivity contribution in [3.8, 4) is 5.75 Å². The summed E-state index contributed by atoms with van der Waals surface area (Å²) in [5.41, 5.74) is 6.38. The van der Waals surface area contributed by atoms with Crippen molar-refractivity contribution in [2.24, 2.45) is 0 Å². The highest BCUT2D eigenvalue weighted by molar-refractivity contribution is 7.80. The summed E-state index contributed by atoms with van der Waals surface area (Å²) in [6, 6.07) is 13.8. The molecule has 0 aliphatic carbocycles. The van der Waals surface area contributed by atoms with Gasteiger partial charge in [0.2, 0.25) is 0 Å². The highest BCUT2D eigenvalue weighted by Crippen LogP contribution is 2.14. The normalized spacial score (nSPS) is 9.73. The number of thiocarbonyl (C=S) groups is 1. The predicted octanol–water partition coefficient (Wildman–Crippen LogP) is 2.98. The van der Waals surface area contributed by atoms with Crippen LogP contribution in [0.4, 0.5) is 5.69 Å². The summed E-state index contributed by atoms with van der Waals surface area (Å²) in [5, 5.41) is 3.78. The highest BCUT2D eigenvalue weighted by Gasteiger charge is 2.05. The van der Waals surface area contributed by atoms with Gasteiger partial charge in [-0.1, -0.05) is 11.6 Å². The van der Waals surface area contributed by atoms with E-state index < -0.39 is 0 Å². The molecule has 0 fully saturated rings. The van der Waals surface area contributed by atoms with Crippen LogP contribution in [0.25, 0.3) is 0 Å². The van der Waals surface area contributed by atoms with E-state index in [4.69, 9.17) is 28.6 Å². The Morgan fingerprint density at radius 3 is 2.27 bits per heavy atom. The number of hydrogen-bond acceptors (Lipinski definition) is 3. The maximum atomic E-state index is 11.9. The molecule has 0 aliphatic rings. The van der Waals surface area contributed by atoms with Gasteiger partial charge in [0.25, 0.3) is 5.91 Å². The fraction of sp³-hybridized carbons (Fsp3) is 0.0667. The van der Waals surface area contributed by atoms with Crippen LogP contribution in [0, 0.1) is 0 Å². The molecule has 1 amide bonds. The molecule has 0 heterocycles. The second-order valence-corrected chi connectivity index (χ2v) is 5.11. The van der Waals surface area contributed by atoms with E-state index in [1.54, 1.807) is 43.5 Å². The minimum absolute atomic E-state index is 0.271. The predicted molar refractivity (Wildman–Crippen MR) is 91.3 cm³/mol. The Hall–Kier alpha value is -2.31. The number of nitrogens with one attached hydrogen (secondary N) is 3. The summed E-state index contributed by atoms with van der Waals surface area (Å²) in [6.45, 7) is 0. The summed E-state index contributed by atoms with van der Waals surface area (Å²) >= 11 is 10.9. The molecular formula is C15H14ClN3O2S. The van der Waals surface area contributed by atoms with E-state index in [1.807, 2.05) is 12.1 Å². The summed E-state index contributed by atoms with van der Waals surface area (Å²) in [4.78, 5) is 11.9. The maximum Gasteiger partial charge on any atom is 0.269 e. The molecule has 2 aromatic rings. The average Bonchev–Trinajstić information content (AvgIpc) is 2.54. The van der Waals surface area contributed by atoms with Crippen molar-refractivity contribution in [2.75, 3.05) is 12.4 Å². The SMILES string of the molecule is COc1ccc(NC(=S)NNC(=O)c2ccc(Cl)cc2)cc1. The van der Waals surface area contributed by atoms with Gasteiger partial charge in [-0.15, -0.1) is 0 Å². The van der Waals surface area contributed by atoms with Gasteiger partial charge < -0.3 is 10.1 Å². The van der Waals surface area contributed by atoms with Crippen molar-refractivity contribution in [1.29, 1.82) is 0 Å². The van der Waals surface area contributed by atoms with Gasteiger partial charge in [-0.2, -0.15) is 0 Å². The van der Waals surface area contributed by atoms with E-state index in [9.17, 15) is 4.79 Å². The number of hydrazine groups is 1. The second-order valence-electron chi connectivity index (χ2n) is 4.27. The van der Waals surface area contributed by atoms with Crippen LogP contribution in [0.2, 0.25) is 5.02 Å². The van der Waals surface area contributed by atoms with E-state index in [2.05, 4.69) is 16.2 Å². The second kappa shape index (κ2) is 7.63. The first kappa shape index (κ1) is 16.1. The largest absolute Gasteiger partial charge is 0.497 e. The Balaban J connectivity index is 1.84. The fourth-order valence-corrected chi connectivity index (χ4v) is 1.92. The smallest absolute Gasteiger partial charge is 0.269 e. The Bertz CT molecular complexity index is 659. The number of rotatable bonds is 3. The molecule has 114 valence electrons. The zero-order valence-corrected chi connectivity index (χ0v) is 13.3. The third-order valence-corrected chi connectivity index (χ3v) is 3.20. The molecule has 2 aromatic carbocycles. The van der Waals surface area contributed by atoms with Gasteiger partial charge in [-0.3, -0.25) is 15.6 Å². The first-order valence-corrected chi connectivity index (χ1v) is 7.14. The molecule has 2 rings (SSSR count). The van der Waals surface area contributed by atoms with Crippen molar-refractivity contribution < 1.29 is 9.53 Å². The third-order valence-electron chi connectivity index (χ3n) is 2.74. The summed E-state index contributed by atoms with van der Waals surface area (Å²) in [6.07, 6.45) is 0. The number of amides is 1. The molecule has 7 heteroatoms. The lowest BCUT2D eigenvalue weighted by atomic mass is 10.2. The third kappa shape index (κ3) is 4.61. The lowest BCUT2D eigenvalue weighted by Crippen LogP contribution is -2.43. The summed E-state index contributed by atoms with van der Waals surface area (Å²) < 4.78 is 5.07. The van der Waals surface area contributed by atoms with Crippen molar-refractivity contribution in [3.05, 3.63) is 59.1 Å². The zero-order chi connectivity index (χ0) is 15.9. The summed E-state index contributed by atoms with van der Waals surface area (Å²) in [5.74, 6) is 0.441. The number of carbonyl (C=O) groups is 1. The number of methoxy groups -OCH3 is 1. The topological polar surface area (TPSA) is 62.4 Å². The molecule has 0 saturated heterocycles. The fourth-order valence-electron chi connectivity index (χ4n) is 1.62. The first-order valence-electron chi connectivity index (χ1n) is 6.35. The van der Waals surface area contributed by atoms with Gasteiger partial charge in [0.05, 0.1) is 7.11 Å². The van der Waals surface area contributed by atoms with Crippen LogP contribution >= 0.6 is 23.8 Å². The number of hydrogen-bond donors (Lipinski definition) is 3. The number of carbonyl (C=O) groups excluding carboxylic acids is 1. The van der Waals surface area contributed by atoms with Crippen LogP contribution in [0.1, 0.15) is 10.4 Å². The van der Waals surface area contributed by atoms with Crippen LogP contribution in [0.15, 0.2) is 48.5 Å². The van der Waals surface area contributed by atoms with Gasteiger partial charge in [0.1, 0.15) is 5.75 Å². The van der Waals surface area contributed by atoms with Gasteiger partial charge in [0, 0.05) is 16.3 Å². The number of anilines is 1. The highest BCUT2D eigenvalue weighted by atomic mass is 35.5. The average molecular weight is 336 g/mol. The van der Waals surface area contributed by atoms with E-state index in [0.29, 0.717) is 10.6 Å². The molecule has 0 saturated carbocycles. The minimum Gasteiger partial charge on any atom is -0.497 e. The standard InChI is InChI=1S/C15H14ClN3O2S/c1-21-13-8-6-12(7-9-13)17-15(22)19-18-14(20)10-2-4-11(16)5-3-10/h2-9H,1H3,(H,18,20)(H2,17,19,22). The number of halogens is 1. The zero-order valence-electron chi connectivity index (χ0n) is 11.7. The van der Waals surface area contributed by atoms with Crippen LogP contribution in [-0.2, 0) is 0 Å². The molecule has 0 spiro atoms. The molecular weight excluding hydrogens is 322 g/mol. The Labute approximate surface area is 138 Å². The number of benzene rings is 2. The quantitative estimate of drug-likeness (QED) is 0.594. The van der Waals surface area contributed by atoms with E-state index in [-0.39, 0.29) is 11.0 Å². The molecule has 3 N–H and O–H groups in total. The minimum atomic E-state index is -0.310. The molecule has 5 nitrogen and oxygen atoms in total. The molecule has 22 heavy (non-hydrogen) atoms. The van der Waals surface area contributed by atoms with Crippen molar-refractivity contribution in [1.82, 2.24) is 10.9 Å². The van der Waals surface area contributed by atoms with Gasteiger partial charge >= 0.3 is 0 Å². The monoisotopic (exact) mass is 335 g/mol.